The molecule has 0 fully saturated rings. The summed E-state index contributed by atoms with van der Waals surface area (Å²) < 4.78 is 5.26. The van der Waals surface area contributed by atoms with Crippen molar-refractivity contribution in [3.63, 3.8) is 0 Å². The number of ether oxygens (including phenoxy) is 1. The van der Waals surface area contributed by atoms with E-state index in [-0.39, 0.29) is 12.7 Å². The molecule has 0 bridgehead atoms. The summed E-state index contributed by atoms with van der Waals surface area (Å²) in [5.74, 6) is 0. The summed E-state index contributed by atoms with van der Waals surface area (Å²) in [6.07, 6.45) is 0.408. The van der Waals surface area contributed by atoms with Gasteiger partial charge >= 0.3 is 6.09 Å². The zero-order valence-electron chi connectivity index (χ0n) is 9.83. The van der Waals surface area contributed by atoms with Crippen LogP contribution in [0.2, 0.25) is 0 Å². The van der Waals surface area contributed by atoms with Crippen LogP contribution in [0.4, 0.5) is 4.79 Å². The van der Waals surface area contributed by atoms with Gasteiger partial charge in [0.05, 0.1) is 6.61 Å². The Bertz CT molecular complexity index is 289. The highest BCUT2D eigenvalue weighted by Crippen LogP contribution is 2.24. The molecule has 0 saturated heterocycles. The van der Waals surface area contributed by atoms with Crippen LogP contribution >= 0.6 is 0 Å². The van der Waals surface area contributed by atoms with Crippen LogP contribution < -0.4 is 0 Å². The molecule has 0 radical (unpaired) electrons. The molecule has 4 nitrogen and oxygen atoms in total. The fraction of sp³-hybridized carbons (Fsp3) is 0.727. The van der Waals surface area contributed by atoms with Gasteiger partial charge in [-0.25, -0.2) is 4.79 Å². The van der Waals surface area contributed by atoms with Crippen molar-refractivity contribution in [2.24, 2.45) is 0 Å². The minimum atomic E-state index is -0.473. The standard InChI is InChI=1S/C11H19NO3/c1-8-9(7-13)5-6-12(8)10(14)15-11(2,3)4/h13H,5-7H2,1-4H3. The van der Waals surface area contributed by atoms with Gasteiger partial charge in [0.1, 0.15) is 5.60 Å². The fourth-order valence-electron chi connectivity index (χ4n) is 1.52. The first-order valence-corrected chi connectivity index (χ1v) is 5.15. The minimum absolute atomic E-state index is 0.0190. The van der Waals surface area contributed by atoms with Crippen LogP contribution in [0.5, 0.6) is 0 Å². The fourth-order valence-corrected chi connectivity index (χ4v) is 1.52. The van der Waals surface area contributed by atoms with Crippen molar-refractivity contribution in [3.8, 4) is 0 Å². The van der Waals surface area contributed by atoms with Gasteiger partial charge in [0.25, 0.3) is 0 Å². The lowest BCUT2D eigenvalue weighted by Crippen LogP contribution is -2.34. The molecule has 1 aliphatic rings. The van der Waals surface area contributed by atoms with Gasteiger partial charge in [0.15, 0.2) is 0 Å². The topological polar surface area (TPSA) is 49.8 Å². The number of carbonyl (C=O) groups is 1. The third-order valence-corrected chi connectivity index (χ3v) is 2.36. The van der Waals surface area contributed by atoms with Crippen LogP contribution in [0.25, 0.3) is 0 Å². The van der Waals surface area contributed by atoms with Crippen molar-refractivity contribution in [2.45, 2.75) is 39.7 Å². The highest BCUT2D eigenvalue weighted by Gasteiger charge is 2.28. The third kappa shape index (κ3) is 2.96. The molecule has 0 aliphatic carbocycles. The average molecular weight is 213 g/mol. The number of carbonyl (C=O) groups excluding carboxylic acids is 1. The Morgan fingerprint density at radius 3 is 2.53 bits per heavy atom. The van der Waals surface area contributed by atoms with E-state index in [4.69, 9.17) is 9.84 Å². The maximum atomic E-state index is 11.7. The predicted molar refractivity (Wildman–Crippen MR) is 57.3 cm³/mol. The van der Waals surface area contributed by atoms with E-state index in [2.05, 4.69) is 0 Å². The smallest absolute Gasteiger partial charge is 0.414 e. The number of allylic oxidation sites excluding steroid dienone is 1. The Balaban J connectivity index is 2.68. The lowest BCUT2D eigenvalue weighted by atomic mass is 10.2. The Labute approximate surface area is 90.5 Å². The zero-order chi connectivity index (χ0) is 11.6. The maximum Gasteiger partial charge on any atom is 0.414 e. The molecule has 0 atom stereocenters. The molecule has 1 amide bonds. The van der Waals surface area contributed by atoms with Crippen LogP contribution in [0.3, 0.4) is 0 Å². The summed E-state index contributed by atoms with van der Waals surface area (Å²) in [5.41, 5.74) is 1.27. The second-order valence-corrected chi connectivity index (χ2v) is 4.73. The average Bonchev–Trinajstić information content (AvgIpc) is 2.43. The molecule has 0 unspecified atom stereocenters. The number of hydrogen-bond acceptors (Lipinski definition) is 3. The van der Waals surface area contributed by atoms with Crippen molar-refractivity contribution in [3.05, 3.63) is 11.3 Å². The van der Waals surface area contributed by atoms with Crippen LogP contribution in [-0.2, 0) is 4.74 Å². The molecular formula is C11H19NO3. The molecule has 1 heterocycles. The highest BCUT2D eigenvalue weighted by molar-refractivity contribution is 5.71. The molecule has 1 rings (SSSR count). The first kappa shape index (κ1) is 12.0. The number of nitrogens with zero attached hydrogens (tertiary/aromatic N) is 1. The monoisotopic (exact) mass is 213 g/mol. The van der Waals surface area contributed by atoms with Crippen molar-refractivity contribution < 1.29 is 14.6 Å². The summed E-state index contributed by atoms with van der Waals surface area (Å²) >= 11 is 0. The molecule has 0 aromatic heterocycles. The normalized spacial score (nSPS) is 17.3. The van der Waals surface area contributed by atoms with E-state index in [0.29, 0.717) is 6.54 Å². The summed E-state index contributed by atoms with van der Waals surface area (Å²) in [6.45, 7) is 7.98. The second-order valence-electron chi connectivity index (χ2n) is 4.73. The van der Waals surface area contributed by atoms with E-state index in [0.717, 1.165) is 17.7 Å². The molecule has 86 valence electrons. The highest BCUT2D eigenvalue weighted by atomic mass is 16.6. The largest absolute Gasteiger partial charge is 0.443 e. The SMILES string of the molecule is CC1=C(CO)CCN1C(=O)OC(C)(C)C. The summed E-state index contributed by atoms with van der Waals surface area (Å²) in [6, 6.07) is 0. The Morgan fingerprint density at radius 1 is 1.53 bits per heavy atom. The molecular weight excluding hydrogens is 194 g/mol. The first-order chi connectivity index (χ1) is 6.85. The van der Waals surface area contributed by atoms with E-state index < -0.39 is 5.60 Å². The Kier molecular flexibility index (Phi) is 3.39. The molecule has 0 spiro atoms. The summed E-state index contributed by atoms with van der Waals surface area (Å²) in [7, 11) is 0. The number of aliphatic hydroxyl groups is 1. The Hall–Kier alpha value is -1.03. The minimum Gasteiger partial charge on any atom is -0.443 e. The molecule has 0 aromatic rings. The molecule has 0 saturated carbocycles. The van der Waals surface area contributed by atoms with E-state index in [1.165, 1.54) is 0 Å². The van der Waals surface area contributed by atoms with Gasteiger partial charge in [-0.1, -0.05) is 0 Å². The van der Waals surface area contributed by atoms with Crippen LogP contribution in [0.1, 0.15) is 34.1 Å². The van der Waals surface area contributed by atoms with Gasteiger partial charge in [-0.3, -0.25) is 4.90 Å². The number of aliphatic hydroxyl groups excluding tert-OH is 1. The molecule has 1 aliphatic heterocycles. The summed E-state index contributed by atoms with van der Waals surface area (Å²) in [4.78, 5) is 13.3. The van der Waals surface area contributed by atoms with Gasteiger partial charge < -0.3 is 9.84 Å². The second kappa shape index (κ2) is 4.23. The molecule has 15 heavy (non-hydrogen) atoms. The van der Waals surface area contributed by atoms with E-state index in [9.17, 15) is 4.79 Å². The van der Waals surface area contributed by atoms with Gasteiger partial charge in [0.2, 0.25) is 0 Å². The summed E-state index contributed by atoms with van der Waals surface area (Å²) in [5, 5.41) is 9.03. The predicted octanol–water partition coefficient (Wildman–Crippen LogP) is 1.89. The Morgan fingerprint density at radius 2 is 2.13 bits per heavy atom. The first-order valence-electron chi connectivity index (χ1n) is 5.15. The zero-order valence-corrected chi connectivity index (χ0v) is 9.83. The quantitative estimate of drug-likeness (QED) is 0.723. The lowest BCUT2D eigenvalue weighted by molar-refractivity contribution is 0.0331. The van der Waals surface area contributed by atoms with Gasteiger partial charge in [0, 0.05) is 12.2 Å². The van der Waals surface area contributed by atoms with E-state index in [1.54, 1.807) is 4.90 Å². The van der Waals surface area contributed by atoms with Crippen molar-refractivity contribution in [2.75, 3.05) is 13.2 Å². The van der Waals surface area contributed by atoms with Crippen LogP contribution in [-0.4, -0.2) is 34.9 Å². The number of amides is 1. The molecule has 1 N–H and O–H groups in total. The van der Waals surface area contributed by atoms with Crippen molar-refractivity contribution in [1.82, 2.24) is 4.90 Å². The number of hydrogen-bond donors (Lipinski definition) is 1. The van der Waals surface area contributed by atoms with Crippen molar-refractivity contribution >= 4 is 6.09 Å². The van der Waals surface area contributed by atoms with Gasteiger partial charge in [-0.05, 0) is 39.7 Å². The van der Waals surface area contributed by atoms with E-state index >= 15 is 0 Å². The van der Waals surface area contributed by atoms with Crippen LogP contribution in [0.15, 0.2) is 11.3 Å². The molecule has 4 heteroatoms. The maximum absolute atomic E-state index is 11.7. The van der Waals surface area contributed by atoms with Gasteiger partial charge in [-0.2, -0.15) is 0 Å². The molecule has 0 aromatic carbocycles. The van der Waals surface area contributed by atoms with E-state index in [1.807, 2.05) is 27.7 Å². The number of rotatable bonds is 1. The van der Waals surface area contributed by atoms with Gasteiger partial charge in [-0.15, -0.1) is 0 Å². The third-order valence-electron chi connectivity index (χ3n) is 2.36. The van der Waals surface area contributed by atoms with Crippen molar-refractivity contribution in [1.29, 1.82) is 0 Å². The lowest BCUT2D eigenvalue weighted by Gasteiger charge is -2.25. The van der Waals surface area contributed by atoms with Crippen LogP contribution in [0, 0.1) is 0 Å².